The highest BCUT2D eigenvalue weighted by atomic mass is 16.5. The number of carbonyl (C=O) groups excluding carboxylic acids is 2. The van der Waals surface area contributed by atoms with Crippen molar-refractivity contribution in [1.29, 1.82) is 0 Å². The summed E-state index contributed by atoms with van der Waals surface area (Å²) in [6, 6.07) is 0.350. The summed E-state index contributed by atoms with van der Waals surface area (Å²) in [4.78, 5) is 28.4. The standard InChI is InChI=1S/C16H26N2O4/c1-21-5-6-22-11-16(20)17-8-12-7-13(10-17)14-3-2-4-15(19)18(14)9-12/h12-14H,2-11H2,1H3/t12?,13?,14-/m1/s1. The Balaban J connectivity index is 1.55. The van der Waals surface area contributed by atoms with Crippen molar-refractivity contribution in [2.24, 2.45) is 11.8 Å². The third-order valence-corrected chi connectivity index (χ3v) is 5.19. The summed E-state index contributed by atoms with van der Waals surface area (Å²) in [6.07, 6.45) is 3.94. The predicted molar refractivity (Wildman–Crippen MR) is 80.2 cm³/mol. The largest absolute Gasteiger partial charge is 0.382 e. The number of piperidine rings is 3. The molecule has 0 N–H and O–H groups in total. The van der Waals surface area contributed by atoms with E-state index in [0.717, 1.165) is 38.9 Å². The number of fused-ring (bicyclic) bond motifs is 4. The molecule has 2 bridgehead atoms. The average molecular weight is 310 g/mol. The Morgan fingerprint density at radius 2 is 2.14 bits per heavy atom. The van der Waals surface area contributed by atoms with Crippen LogP contribution in [0.2, 0.25) is 0 Å². The molecular weight excluding hydrogens is 284 g/mol. The van der Waals surface area contributed by atoms with E-state index in [2.05, 4.69) is 4.90 Å². The summed E-state index contributed by atoms with van der Waals surface area (Å²) in [6.45, 7) is 3.47. The van der Waals surface area contributed by atoms with Crippen LogP contribution < -0.4 is 0 Å². The van der Waals surface area contributed by atoms with Gasteiger partial charge in [-0.25, -0.2) is 0 Å². The monoisotopic (exact) mass is 310 g/mol. The molecule has 0 saturated carbocycles. The number of rotatable bonds is 5. The minimum Gasteiger partial charge on any atom is -0.382 e. The van der Waals surface area contributed by atoms with Crippen LogP contribution in [0.25, 0.3) is 0 Å². The molecule has 3 atom stereocenters. The average Bonchev–Trinajstić information content (AvgIpc) is 2.52. The third kappa shape index (κ3) is 3.27. The maximum atomic E-state index is 12.3. The smallest absolute Gasteiger partial charge is 0.248 e. The number of nitrogens with zero attached hydrogens (tertiary/aromatic N) is 2. The van der Waals surface area contributed by atoms with E-state index in [9.17, 15) is 9.59 Å². The van der Waals surface area contributed by atoms with Gasteiger partial charge >= 0.3 is 0 Å². The number of hydrogen-bond donors (Lipinski definition) is 0. The Kier molecular flexibility index (Phi) is 4.98. The topological polar surface area (TPSA) is 59.1 Å². The van der Waals surface area contributed by atoms with Gasteiger partial charge in [-0.05, 0) is 31.1 Å². The zero-order chi connectivity index (χ0) is 15.5. The van der Waals surface area contributed by atoms with Crippen LogP contribution in [-0.2, 0) is 19.1 Å². The van der Waals surface area contributed by atoms with E-state index in [4.69, 9.17) is 9.47 Å². The second-order valence-corrected chi connectivity index (χ2v) is 6.71. The first-order valence-corrected chi connectivity index (χ1v) is 8.33. The van der Waals surface area contributed by atoms with E-state index < -0.39 is 0 Å². The molecule has 3 aliphatic heterocycles. The van der Waals surface area contributed by atoms with E-state index in [1.165, 1.54) is 0 Å². The van der Waals surface area contributed by atoms with Gasteiger partial charge in [-0.1, -0.05) is 0 Å². The lowest BCUT2D eigenvalue weighted by Gasteiger charge is -2.52. The molecule has 6 heteroatoms. The third-order valence-electron chi connectivity index (χ3n) is 5.19. The predicted octanol–water partition coefficient (Wildman–Crippen LogP) is 0.509. The molecule has 0 spiro atoms. The van der Waals surface area contributed by atoms with Gasteiger partial charge in [0.15, 0.2) is 0 Å². The van der Waals surface area contributed by atoms with Crippen molar-refractivity contribution in [2.75, 3.05) is 46.6 Å². The van der Waals surface area contributed by atoms with E-state index in [-0.39, 0.29) is 12.5 Å². The molecule has 22 heavy (non-hydrogen) atoms. The van der Waals surface area contributed by atoms with E-state index >= 15 is 0 Å². The lowest BCUT2D eigenvalue weighted by atomic mass is 9.76. The Morgan fingerprint density at radius 1 is 1.27 bits per heavy atom. The van der Waals surface area contributed by atoms with E-state index in [0.29, 0.717) is 43.4 Å². The summed E-state index contributed by atoms with van der Waals surface area (Å²) in [7, 11) is 1.62. The Bertz CT molecular complexity index is 428. The fraction of sp³-hybridized carbons (Fsp3) is 0.875. The Morgan fingerprint density at radius 3 is 2.95 bits per heavy atom. The molecule has 3 aliphatic rings. The fourth-order valence-electron chi connectivity index (χ4n) is 4.21. The zero-order valence-electron chi connectivity index (χ0n) is 13.3. The van der Waals surface area contributed by atoms with Gasteiger partial charge in [0.1, 0.15) is 6.61 Å². The first kappa shape index (κ1) is 15.7. The van der Waals surface area contributed by atoms with Gasteiger partial charge in [-0.3, -0.25) is 9.59 Å². The molecule has 0 aromatic carbocycles. The summed E-state index contributed by atoms with van der Waals surface area (Å²) in [5, 5.41) is 0. The lowest BCUT2D eigenvalue weighted by molar-refractivity contribution is -0.150. The van der Waals surface area contributed by atoms with E-state index in [1.54, 1.807) is 7.11 Å². The molecule has 2 amide bonds. The van der Waals surface area contributed by atoms with Gasteiger partial charge in [-0.2, -0.15) is 0 Å². The van der Waals surface area contributed by atoms with Crippen LogP contribution in [-0.4, -0.2) is 74.2 Å². The summed E-state index contributed by atoms with van der Waals surface area (Å²) in [5.74, 6) is 1.26. The second kappa shape index (κ2) is 6.96. The van der Waals surface area contributed by atoms with Crippen LogP contribution in [0.1, 0.15) is 25.7 Å². The second-order valence-electron chi connectivity index (χ2n) is 6.71. The summed E-state index contributed by atoms with van der Waals surface area (Å²) in [5.41, 5.74) is 0. The van der Waals surface area contributed by atoms with Crippen molar-refractivity contribution < 1.29 is 19.1 Å². The summed E-state index contributed by atoms with van der Waals surface area (Å²) >= 11 is 0. The number of hydrogen-bond acceptors (Lipinski definition) is 4. The van der Waals surface area contributed by atoms with Crippen LogP contribution in [0.5, 0.6) is 0 Å². The van der Waals surface area contributed by atoms with Gasteiger partial charge in [-0.15, -0.1) is 0 Å². The van der Waals surface area contributed by atoms with Crippen molar-refractivity contribution in [2.45, 2.75) is 31.7 Å². The van der Waals surface area contributed by atoms with Crippen molar-refractivity contribution >= 4 is 11.8 Å². The molecule has 2 unspecified atom stereocenters. The van der Waals surface area contributed by atoms with Gasteiger partial charge in [0.25, 0.3) is 0 Å². The molecule has 0 aromatic rings. The Labute approximate surface area is 131 Å². The molecule has 0 aliphatic carbocycles. The Hall–Kier alpha value is -1.14. The van der Waals surface area contributed by atoms with Gasteiger partial charge in [0.2, 0.25) is 11.8 Å². The number of likely N-dealkylation sites (tertiary alicyclic amines) is 1. The minimum absolute atomic E-state index is 0.0707. The van der Waals surface area contributed by atoms with Crippen LogP contribution in [0, 0.1) is 11.8 Å². The van der Waals surface area contributed by atoms with Crippen molar-refractivity contribution in [3.63, 3.8) is 0 Å². The normalized spacial score (nSPS) is 31.1. The first-order chi connectivity index (χ1) is 10.7. The van der Waals surface area contributed by atoms with Crippen molar-refractivity contribution in [3.8, 4) is 0 Å². The van der Waals surface area contributed by atoms with Crippen molar-refractivity contribution in [3.05, 3.63) is 0 Å². The molecule has 3 rings (SSSR count). The molecule has 3 saturated heterocycles. The molecule has 0 aromatic heterocycles. The number of amides is 2. The highest BCUT2D eigenvalue weighted by Crippen LogP contribution is 2.37. The van der Waals surface area contributed by atoms with Crippen LogP contribution in [0.15, 0.2) is 0 Å². The van der Waals surface area contributed by atoms with Crippen LogP contribution in [0.3, 0.4) is 0 Å². The molecule has 3 fully saturated rings. The van der Waals surface area contributed by atoms with Gasteiger partial charge in [0, 0.05) is 39.2 Å². The molecule has 0 radical (unpaired) electrons. The van der Waals surface area contributed by atoms with Gasteiger partial charge in [0.05, 0.1) is 13.2 Å². The SMILES string of the molecule is COCCOCC(=O)N1CC2CC(C1)[C@H]1CCCC(=O)N1C2. The number of methoxy groups -OCH3 is 1. The quantitative estimate of drug-likeness (QED) is 0.694. The number of carbonyl (C=O) groups is 2. The highest BCUT2D eigenvalue weighted by Gasteiger charge is 2.44. The zero-order valence-corrected chi connectivity index (χ0v) is 13.3. The molecular formula is C16H26N2O4. The fourth-order valence-corrected chi connectivity index (χ4v) is 4.21. The number of ether oxygens (including phenoxy) is 2. The minimum atomic E-state index is 0.0707. The highest BCUT2D eigenvalue weighted by molar-refractivity contribution is 5.78. The summed E-state index contributed by atoms with van der Waals surface area (Å²) < 4.78 is 10.3. The molecule has 3 heterocycles. The van der Waals surface area contributed by atoms with E-state index in [1.807, 2.05) is 4.90 Å². The van der Waals surface area contributed by atoms with Crippen molar-refractivity contribution in [1.82, 2.24) is 9.80 Å². The maximum absolute atomic E-state index is 12.3. The first-order valence-electron chi connectivity index (χ1n) is 8.33. The maximum Gasteiger partial charge on any atom is 0.248 e. The van der Waals surface area contributed by atoms with Crippen LogP contribution in [0.4, 0.5) is 0 Å². The molecule has 6 nitrogen and oxygen atoms in total. The molecule has 124 valence electrons. The lowest BCUT2D eigenvalue weighted by Crippen LogP contribution is -2.61. The van der Waals surface area contributed by atoms with Gasteiger partial charge < -0.3 is 19.3 Å². The van der Waals surface area contributed by atoms with Crippen LogP contribution >= 0.6 is 0 Å².